The van der Waals surface area contributed by atoms with E-state index in [2.05, 4.69) is 6.58 Å². The third-order valence-electron chi connectivity index (χ3n) is 0.151. The van der Waals surface area contributed by atoms with Crippen molar-refractivity contribution in [1.29, 1.82) is 0 Å². The van der Waals surface area contributed by atoms with Crippen molar-refractivity contribution in [3.8, 4) is 0 Å². The molecule has 0 heterocycles. The molecule has 0 unspecified atom stereocenters. The second-order valence-electron chi connectivity index (χ2n) is 0.482. The van der Waals surface area contributed by atoms with Crippen LogP contribution in [0.25, 0.3) is 0 Å². The van der Waals surface area contributed by atoms with Crippen molar-refractivity contribution >= 4 is 5.97 Å². The van der Waals surface area contributed by atoms with Gasteiger partial charge < -0.3 is 11.2 Å². The van der Waals surface area contributed by atoms with Crippen LogP contribution >= 0.6 is 0 Å². The SMILES string of the molecule is C=[C-]C(=O)O.[Y]. The molecule has 0 fully saturated rings. The van der Waals surface area contributed by atoms with Crippen molar-refractivity contribution in [2.75, 3.05) is 0 Å². The summed E-state index contributed by atoms with van der Waals surface area (Å²) >= 11 is 0. The van der Waals surface area contributed by atoms with Gasteiger partial charge in [-0.3, -0.25) is 11.4 Å². The summed E-state index contributed by atoms with van der Waals surface area (Å²) < 4.78 is 0. The molecule has 0 rings (SSSR count). The average molecular weight is 160 g/mol. The Kier molecular flexibility index (Phi) is 8.48. The summed E-state index contributed by atoms with van der Waals surface area (Å²) in [4.78, 5) is 9.19. The number of carboxylic acid groups (broad SMARTS) is 1. The molecule has 0 aliphatic heterocycles. The van der Waals surface area contributed by atoms with Crippen LogP contribution in [0.3, 0.4) is 0 Å². The summed E-state index contributed by atoms with van der Waals surface area (Å²) in [6, 6.07) is 0. The van der Waals surface area contributed by atoms with Crippen LogP contribution in [0.5, 0.6) is 0 Å². The zero-order valence-corrected chi connectivity index (χ0v) is 5.98. The molecule has 0 amide bonds. The number of carboxylic acids is 1. The van der Waals surface area contributed by atoms with Gasteiger partial charge in [0.25, 0.3) is 0 Å². The Morgan fingerprint density at radius 3 is 2.00 bits per heavy atom. The van der Waals surface area contributed by atoms with Crippen LogP contribution in [0, 0.1) is 6.08 Å². The summed E-state index contributed by atoms with van der Waals surface area (Å²) in [6.07, 6.45) is 1.69. The zero-order valence-electron chi connectivity index (χ0n) is 3.14. The maximum atomic E-state index is 9.19. The third kappa shape index (κ3) is 8.85. The molecule has 1 N–H and O–H groups in total. The molecule has 0 saturated carbocycles. The minimum Gasteiger partial charge on any atom is -0.505 e. The second kappa shape index (κ2) is 5.31. The maximum Gasteiger partial charge on any atom is 0.143 e. The Hall–Kier alpha value is 0.314. The quantitative estimate of drug-likeness (QED) is 0.434. The predicted molar refractivity (Wildman–Crippen MR) is 16.5 cm³/mol. The van der Waals surface area contributed by atoms with E-state index in [0.29, 0.717) is 0 Å². The van der Waals surface area contributed by atoms with Crippen LogP contribution in [-0.4, -0.2) is 11.1 Å². The van der Waals surface area contributed by atoms with Crippen LogP contribution in [0.2, 0.25) is 0 Å². The van der Waals surface area contributed by atoms with Crippen LogP contribution in [0.15, 0.2) is 6.58 Å². The van der Waals surface area contributed by atoms with Crippen molar-refractivity contribution < 1.29 is 42.6 Å². The van der Waals surface area contributed by atoms with Crippen molar-refractivity contribution in [1.82, 2.24) is 0 Å². The van der Waals surface area contributed by atoms with Crippen LogP contribution < -0.4 is 0 Å². The Morgan fingerprint density at radius 1 is 1.83 bits per heavy atom. The molecule has 31 valence electrons. The van der Waals surface area contributed by atoms with Crippen LogP contribution in [0.4, 0.5) is 0 Å². The van der Waals surface area contributed by atoms with Crippen molar-refractivity contribution in [3.63, 3.8) is 0 Å². The summed E-state index contributed by atoms with van der Waals surface area (Å²) in [5.41, 5.74) is 0. The van der Waals surface area contributed by atoms with Gasteiger partial charge in [-0.25, -0.2) is 0 Å². The topological polar surface area (TPSA) is 37.3 Å². The van der Waals surface area contributed by atoms with Gasteiger partial charge in [-0.15, -0.1) is 0 Å². The monoisotopic (exact) mass is 160 g/mol. The van der Waals surface area contributed by atoms with E-state index in [0.717, 1.165) is 0 Å². The van der Waals surface area contributed by atoms with Gasteiger partial charge in [0.05, 0.1) is 0 Å². The molecule has 2 nitrogen and oxygen atoms in total. The molecule has 0 saturated heterocycles. The van der Waals surface area contributed by atoms with Gasteiger partial charge in [0, 0.05) is 32.7 Å². The van der Waals surface area contributed by atoms with E-state index in [1.807, 2.05) is 0 Å². The molecular weight excluding hydrogens is 157 g/mol. The zero-order chi connectivity index (χ0) is 4.28. The van der Waals surface area contributed by atoms with Crippen LogP contribution in [0.1, 0.15) is 0 Å². The molecule has 0 bridgehead atoms. The first kappa shape index (κ1) is 9.58. The number of carbonyl (C=O) groups is 1. The minimum atomic E-state index is -1.11. The van der Waals surface area contributed by atoms with Crippen LogP contribution in [-0.2, 0) is 37.5 Å². The van der Waals surface area contributed by atoms with Crippen molar-refractivity contribution in [2.24, 2.45) is 0 Å². The van der Waals surface area contributed by atoms with E-state index < -0.39 is 5.97 Å². The fraction of sp³-hybridized carbons (Fsp3) is 0. The van der Waals surface area contributed by atoms with E-state index in [9.17, 15) is 4.79 Å². The Balaban J connectivity index is 0. The van der Waals surface area contributed by atoms with E-state index in [1.54, 1.807) is 6.08 Å². The summed E-state index contributed by atoms with van der Waals surface area (Å²) in [7, 11) is 0. The maximum absolute atomic E-state index is 9.19. The average Bonchev–Trinajstić information content (AvgIpc) is 1.38. The standard InChI is InChI=1S/C3H3O2.Y/c1-2-3(4)5;/h1H2,(H,4,5);/q-1;. The molecule has 0 aromatic carbocycles. The minimum absolute atomic E-state index is 0. The van der Waals surface area contributed by atoms with Gasteiger partial charge in [0.15, 0.2) is 0 Å². The van der Waals surface area contributed by atoms with Gasteiger partial charge in [0.1, 0.15) is 5.97 Å². The number of rotatable bonds is 1. The van der Waals surface area contributed by atoms with Crippen molar-refractivity contribution in [2.45, 2.75) is 0 Å². The fourth-order valence-corrected chi connectivity index (χ4v) is 0. The first-order valence-corrected chi connectivity index (χ1v) is 1.03. The second-order valence-corrected chi connectivity index (χ2v) is 0.482. The summed E-state index contributed by atoms with van der Waals surface area (Å²) in [5.74, 6) is -1.11. The predicted octanol–water partition coefficient (Wildman–Crippen LogP) is 0.0577. The van der Waals surface area contributed by atoms with Gasteiger partial charge in [-0.2, -0.15) is 0 Å². The Bertz CT molecular complexity index is 59.8. The molecule has 0 spiro atoms. The van der Waals surface area contributed by atoms with Crippen molar-refractivity contribution in [3.05, 3.63) is 12.7 Å². The number of hydrogen-bond donors (Lipinski definition) is 1. The Labute approximate surface area is 61.1 Å². The molecule has 0 aliphatic rings. The first-order valence-electron chi connectivity index (χ1n) is 1.03. The van der Waals surface area contributed by atoms with Gasteiger partial charge in [-0.1, -0.05) is 0 Å². The number of hydrogen-bond acceptors (Lipinski definition) is 1. The fourth-order valence-electron chi connectivity index (χ4n) is 0. The molecule has 1 radical (unpaired) electrons. The van der Waals surface area contributed by atoms with Gasteiger partial charge in [-0.05, 0) is 0 Å². The van der Waals surface area contributed by atoms with Gasteiger partial charge >= 0.3 is 0 Å². The molecule has 6 heavy (non-hydrogen) atoms. The van der Waals surface area contributed by atoms with E-state index in [1.165, 1.54) is 0 Å². The summed E-state index contributed by atoms with van der Waals surface area (Å²) in [5, 5.41) is 7.55. The number of aliphatic carboxylic acids is 1. The first-order chi connectivity index (χ1) is 2.27. The molecule has 0 aromatic heterocycles. The summed E-state index contributed by atoms with van der Waals surface area (Å²) in [6.45, 7) is 2.84. The van der Waals surface area contributed by atoms with E-state index in [4.69, 9.17) is 5.11 Å². The van der Waals surface area contributed by atoms with Gasteiger partial charge in [0.2, 0.25) is 0 Å². The Morgan fingerprint density at radius 2 is 2.00 bits per heavy atom. The van der Waals surface area contributed by atoms with E-state index >= 15 is 0 Å². The molecular formula is C3H3O2Y-. The molecule has 0 aliphatic carbocycles. The largest absolute Gasteiger partial charge is 0.505 e. The van der Waals surface area contributed by atoms with E-state index in [-0.39, 0.29) is 32.7 Å². The third-order valence-corrected chi connectivity index (χ3v) is 0.151. The molecule has 0 aromatic rings. The smallest absolute Gasteiger partial charge is 0.143 e. The molecule has 0 atom stereocenters. The normalized spacial score (nSPS) is 5.33. The molecule has 3 heteroatoms.